The molecule has 0 aromatic carbocycles. The quantitative estimate of drug-likeness (QED) is 0.670. The molecule has 2 N–H and O–H groups in total. The van der Waals surface area contributed by atoms with E-state index < -0.39 is 0 Å². The van der Waals surface area contributed by atoms with Crippen LogP contribution in [0.5, 0.6) is 0 Å². The summed E-state index contributed by atoms with van der Waals surface area (Å²) in [6, 6.07) is 0. The fraction of sp³-hybridized carbons (Fsp3) is 1.00. The van der Waals surface area contributed by atoms with Crippen molar-refractivity contribution in [3.8, 4) is 0 Å². The summed E-state index contributed by atoms with van der Waals surface area (Å²) in [4.78, 5) is 2.26. The lowest BCUT2D eigenvalue weighted by Gasteiger charge is -2.46. The minimum atomic E-state index is 0.157. The van der Waals surface area contributed by atoms with E-state index in [9.17, 15) is 0 Å². The smallest absolute Gasteiger partial charge is 0.0609 e. The number of hydrogen-bond acceptors (Lipinski definition) is 4. The second-order valence-electron chi connectivity index (χ2n) is 7.53. The molecule has 1 aliphatic rings. The van der Waals surface area contributed by atoms with Crippen LogP contribution in [0.1, 0.15) is 53.4 Å². The lowest BCUT2D eigenvalue weighted by molar-refractivity contribution is -0.0238. The highest BCUT2D eigenvalue weighted by Crippen LogP contribution is 2.30. The molecule has 4 nitrogen and oxygen atoms in total. The zero-order valence-corrected chi connectivity index (χ0v) is 14.0. The fourth-order valence-corrected chi connectivity index (χ4v) is 3.38. The normalized spacial score (nSPS) is 22.4. The van der Waals surface area contributed by atoms with Crippen LogP contribution in [0.2, 0.25) is 0 Å². The number of ether oxygens (including phenoxy) is 1. The Morgan fingerprint density at radius 3 is 2.20 bits per heavy atom. The predicted octanol–water partition coefficient (Wildman–Crippen LogP) is 2.02. The van der Waals surface area contributed by atoms with Crippen molar-refractivity contribution in [1.82, 2.24) is 10.2 Å². The van der Waals surface area contributed by atoms with E-state index >= 15 is 0 Å². The molecule has 0 bridgehead atoms. The van der Waals surface area contributed by atoms with Gasteiger partial charge in [-0.3, -0.25) is 0 Å². The highest BCUT2D eigenvalue weighted by Gasteiger charge is 2.37. The summed E-state index contributed by atoms with van der Waals surface area (Å²) in [7, 11) is 2.10. The van der Waals surface area contributed by atoms with E-state index in [1.807, 2.05) is 0 Å². The Hall–Kier alpha value is -0.160. The van der Waals surface area contributed by atoms with E-state index in [-0.39, 0.29) is 17.7 Å². The SMILES string of the molecule is CN(CCCO)CCCOC1CC(C)(C)NC(C)(C)C1. The van der Waals surface area contributed by atoms with Gasteiger partial charge < -0.3 is 20.1 Å². The van der Waals surface area contributed by atoms with E-state index in [1.165, 1.54) is 0 Å². The van der Waals surface area contributed by atoms with Crippen LogP contribution in [-0.4, -0.2) is 60.5 Å². The highest BCUT2D eigenvalue weighted by atomic mass is 16.5. The molecule has 1 rings (SSSR count). The van der Waals surface area contributed by atoms with Gasteiger partial charge in [-0.25, -0.2) is 0 Å². The lowest BCUT2D eigenvalue weighted by Crippen LogP contribution is -2.59. The maximum absolute atomic E-state index is 8.80. The standard InChI is InChI=1S/C16H34N2O2/c1-15(2)12-14(13-16(3,4)17-15)20-11-7-9-18(5)8-6-10-19/h14,17,19H,6-13H2,1-5H3. The zero-order chi connectivity index (χ0) is 15.2. The summed E-state index contributed by atoms with van der Waals surface area (Å²) in [5.41, 5.74) is 0.314. The highest BCUT2D eigenvalue weighted by molar-refractivity contribution is 4.97. The average molecular weight is 286 g/mol. The maximum atomic E-state index is 8.80. The molecule has 1 heterocycles. The number of piperidine rings is 1. The molecule has 1 aliphatic heterocycles. The minimum Gasteiger partial charge on any atom is -0.396 e. The third-order valence-electron chi connectivity index (χ3n) is 3.89. The van der Waals surface area contributed by atoms with Gasteiger partial charge in [0, 0.05) is 37.4 Å². The third kappa shape index (κ3) is 7.02. The Labute approximate surface area is 124 Å². The van der Waals surface area contributed by atoms with Crippen LogP contribution in [0, 0.1) is 0 Å². The van der Waals surface area contributed by atoms with Crippen molar-refractivity contribution in [2.75, 3.05) is 33.4 Å². The Kier molecular flexibility index (Phi) is 6.92. The van der Waals surface area contributed by atoms with Gasteiger partial charge in [-0.05, 0) is 60.4 Å². The van der Waals surface area contributed by atoms with Crippen LogP contribution in [-0.2, 0) is 4.74 Å². The van der Waals surface area contributed by atoms with Crippen molar-refractivity contribution in [2.24, 2.45) is 0 Å². The van der Waals surface area contributed by atoms with E-state index in [1.54, 1.807) is 0 Å². The van der Waals surface area contributed by atoms with Crippen molar-refractivity contribution >= 4 is 0 Å². The number of nitrogens with zero attached hydrogens (tertiary/aromatic N) is 1. The summed E-state index contributed by atoms with van der Waals surface area (Å²) < 4.78 is 6.09. The van der Waals surface area contributed by atoms with E-state index in [2.05, 4.69) is 45.0 Å². The van der Waals surface area contributed by atoms with E-state index in [4.69, 9.17) is 9.84 Å². The Bertz CT molecular complexity index is 264. The summed E-state index contributed by atoms with van der Waals surface area (Å²) in [5, 5.41) is 12.5. The Balaban J connectivity index is 2.21. The summed E-state index contributed by atoms with van der Waals surface area (Å²) in [5.74, 6) is 0. The van der Waals surface area contributed by atoms with Crippen molar-refractivity contribution in [1.29, 1.82) is 0 Å². The molecule has 1 saturated heterocycles. The predicted molar refractivity (Wildman–Crippen MR) is 84.1 cm³/mol. The fourth-order valence-electron chi connectivity index (χ4n) is 3.38. The minimum absolute atomic E-state index is 0.157. The first-order chi connectivity index (χ1) is 9.24. The molecule has 0 amide bonds. The van der Waals surface area contributed by atoms with Crippen LogP contribution < -0.4 is 5.32 Å². The number of aliphatic hydroxyl groups excluding tert-OH is 1. The molecule has 1 fully saturated rings. The first kappa shape index (κ1) is 17.9. The molecule has 0 aliphatic carbocycles. The van der Waals surface area contributed by atoms with Crippen molar-refractivity contribution in [3.63, 3.8) is 0 Å². The second kappa shape index (κ2) is 7.74. The van der Waals surface area contributed by atoms with Crippen LogP contribution in [0.15, 0.2) is 0 Å². The number of aliphatic hydroxyl groups is 1. The second-order valence-corrected chi connectivity index (χ2v) is 7.53. The summed E-state index contributed by atoms with van der Waals surface area (Å²) >= 11 is 0. The Morgan fingerprint density at radius 2 is 1.65 bits per heavy atom. The molecule has 0 radical (unpaired) electrons. The van der Waals surface area contributed by atoms with Gasteiger partial charge in [-0.15, -0.1) is 0 Å². The summed E-state index contributed by atoms with van der Waals surface area (Å²) in [6.45, 7) is 12.1. The molecule has 0 atom stereocenters. The first-order valence-corrected chi connectivity index (χ1v) is 7.94. The van der Waals surface area contributed by atoms with E-state index in [0.717, 1.165) is 45.4 Å². The van der Waals surface area contributed by atoms with Crippen LogP contribution in [0.25, 0.3) is 0 Å². The molecule has 0 aromatic heterocycles. The molecule has 0 aromatic rings. The van der Waals surface area contributed by atoms with Gasteiger partial charge in [0.2, 0.25) is 0 Å². The van der Waals surface area contributed by atoms with Crippen LogP contribution in [0.3, 0.4) is 0 Å². The van der Waals surface area contributed by atoms with Crippen molar-refractivity contribution < 1.29 is 9.84 Å². The molecular weight excluding hydrogens is 252 g/mol. The largest absolute Gasteiger partial charge is 0.396 e. The molecule has 120 valence electrons. The van der Waals surface area contributed by atoms with Crippen molar-refractivity contribution in [2.45, 2.75) is 70.6 Å². The lowest BCUT2D eigenvalue weighted by atomic mass is 9.81. The zero-order valence-electron chi connectivity index (χ0n) is 14.0. The molecule has 0 unspecified atom stereocenters. The van der Waals surface area contributed by atoms with Gasteiger partial charge >= 0.3 is 0 Å². The Morgan fingerprint density at radius 1 is 1.10 bits per heavy atom. The van der Waals surface area contributed by atoms with Gasteiger partial charge in [-0.2, -0.15) is 0 Å². The van der Waals surface area contributed by atoms with Crippen molar-refractivity contribution in [3.05, 3.63) is 0 Å². The monoisotopic (exact) mass is 286 g/mol. The van der Waals surface area contributed by atoms with Gasteiger partial charge in [-0.1, -0.05) is 0 Å². The molecular formula is C16H34N2O2. The van der Waals surface area contributed by atoms with Crippen LogP contribution in [0.4, 0.5) is 0 Å². The van der Waals surface area contributed by atoms with Gasteiger partial charge in [0.1, 0.15) is 0 Å². The third-order valence-corrected chi connectivity index (χ3v) is 3.89. The molecule has 0 spiro atoms. The number of hydrogen-bond donors (Lipinski definition) is 2. The number of nitrogens with one attached hydrogen (secondary N) is 1. The first-order valence-electron chi connectivity index (χ1n) is 7.94. The topological polar surface area (TPSA) is 44.7 Å². The maximum Gasteiger partial charge on any atom is 0.0609 e. The molecule has 4 heteroatoms. The van der Waals surface area contributed by atoms with E-state index in [0.29, 0.717) is 6.10 Å². The number of rotatable bonds is 8. The van der Waals surface area contributed by atoms with Gasteiger partial charge in [0.15, 0.2) is 0 Å². The van der Waals surface area contributed by atoms with Gasteiger partial charge in [0.05, 0.1) is 6.10 Å². The average Bonchev–Trinajstić information content (AvgIpc) is 2.28. The van der Waals surface area contributed by atoms with Crippen LogP contribution >= 0.6 is 0 Å². The van der Waals surface area contributed by atoms with Gasteiger partial charge in [0.25, 0.3) is 0 Å². The molecule has 0 saturated carbocycles. The summed E-state index contributed by atoms with van der Waals surface area (Å²) in [6.07, 6.45) is 4.44. The molecule has 20 heavy (non-hydrogen) atoms.